The highest BCUT2D eigenvalue weighted by Crippen LogP contribution is 2.39. The van der Waals surface area contributed by atoms with Crippen LogP contribution >= 0.6 is 11.8 Å². The molecule has 0 bridgehead atoms. The van der Waals surface area contributed by atoms with Crippen LogP contribution in [0.4, 0.5) is 0 Å². The van der Waals surface area contributed by atoms with Gasteiger partial charge in [0.25, 0.3) is 5.91 Å². The van der Waals surface area contributed by atoms with Crippen molar-refractivity contribution in [1.82, 2.24) is 15.5 Å². The van der Waals surface area contributed by atoms with Crippen molar-refractivity contribution in [2.75, 3.05) is 25.4 Å². The Morgan fingerprint density at radius 2 is 1.79 bits per heavy atom. The molecular formula is C34H49N3O4S. The van der Waals surface area contributed by atoms with Crippen LogP contribution in [-0.2, 0) is 4.79 Å². The zero-order valence-electron chi connectivity index (χ0n) is 25.9. The summed E-state index contributed by atoms with van der Waals surface area (Å²) in [6, 6.07) is 14.7. The fourth-order valence-corrected chi connectivity index (χ4v) is 7.39. The zero-order chi connectivity index (χ0) is 30.3. The number of benzene rings is 2. The quantitative estimate of drug-likeness (QED) is 0.300. The van der Waals surface area contributed by atoms with Crippen molar-refractivity contribution in [3.05, 3.63) is 59.7 Å². The summed E-state index contributed by atoms with van der Waals surface area (Å²) in [4.78, 5) is 30.4. The lowest BCUT2D eigenvalue weighted by atomic mass is 9.72. The number of hydrogen-bond acceptors (Lipinski definition) is 6. The third-order valence-corrected chi connectivity index (χ3v) is 9.64. The minimum absolute atomic E-state index is 0.0290. The van der Waals surface area contributed by atoms with Crippen LogP contribution < -0.4 is 15.4 Å². The maximum absolute atomic E-state index is 13.6. The molecule has 1 aliphatic heterocycles. The second kappa shape index (κ2) is 14.8. The fourth-order valence-electron chi connectivity index (χ4n) is 6.36. The van der Waals surface area contributed by atoms with Gasteiger partial charge in [0.15, 0.2) is 0 Å². The monoisotopic (exact) mass is 595 g/mol. The Kier molecular flexibility index (Phi) is 11.4. The summed E-state index contributed by atoms with van der Waals surface area (Å²) in [6.07, 6.45) is 4.76. The Balaban J connectivity index is 1.54. The number of fused-ring (bicyclic) bond motifs is 1. The molecule has 0 spiro atoms. The van der Waals surface area contributed by atoms with Gasteiger partial charge in [-0.1, -0.05) is 43.5 Å². The van der Waals surface area contributed by atoms with Crippen molar-refractivity contribution in [2.24, 2.45) is 11.8 Å². The summed E-state index contributed by atoms with van der Waals surface area (Å²) in [5.41, 5.74) is 0.981. The Morgan fingerprint density at radius 1 is 1.07 bits per heavy atom. The summed E-state index contributed by atoms with van der Waals surface area (Å²) in [6.45, 7) is 11.5. The molecule has 0 radical (unpaired) electrons. The van der Waals surface area contributed by atoms with E-state index in [1.165, 1.54) is 25.7 Å². The normalized spacial score (nSPS) is 22.5. The van der Waals surface area contributed by atoms with E-state index >= 15 is 0 Å². The number of amides is 2. The molecule has 1 saturated heterocycles. The maximum atomic E-state index is 13.6. The average molecular weight is 596 g/mol. The lowest BCUT2D eigenvalue weighted by Gasteiger charge is -2.47. The van der Waals surface area contributed by atoms with Gasteiger partial charge in [-0.2, -0.15) is 0 Å². The minimum Gasteiger partial charge on any atom is -0.494 e. The van der Waals surface area contributed by atoms with Crippen molar-refractivity contribution in [3.63, 3.8) is 0 Å². The molecule has 1 saturated carbocycles. The van der Waals surface area contributed by atoms with Crippen LogP contribution in [0.1, 0.15) is 75.7 Å². The highest BCUT2D eigenvalue weighted by molar-refractivity contribution is 7.99. The van der Waals surface area contributed by atoms with Gasteiger partial charge in [0.1, 0.15) is 5.75 Å². The van der Waals surface area contributed by atoms with Crippen molar-refractivity contribution in [3.8, 4) is 5.75 Å². The van der Waals surface area contributed by atoms with Gasteiger partial charge in [-0.15, -0.1) is 11.8 Å². The van der Waals surface area contributed by atoms with E-state index < -0.39 is 12.1 Å². The Bertz CT molecular complexity index is 1190. The number of nitrogens with zero attached hydrogens (tertiary/aromatic N) is 1. The molecule has 1 aliphatic carbocycles. The molecule has 3 N–H and O–H groups in total. The first-order valence-electron chi connectivity index (χ1n) is 15.5. The number of rotatable bonds is 11. The Hall–Kier alpha value is -2.55. The first-order chi connectivity index (χ1) is 20.1. The summed E-state index contributed by atoms with van der Waals surface area (Å²) in [7, 11) is 0. The van der Waals surface area contributed by atoms with E-state index in [2.05, 4.69) is 15.5 Å². The summed E-state index contributed by atoms with van der Waals surface area (Å²) < 4.78 is 5.72. The minimum atomic E-state index is -0.856. The summed E-state index contributed by atoms with van der Waals surface area (Å²) in [5, 5.41) is 18.1. The van der Waals surface area contributed by atoms with Crippen LogP contribution in [-0.4, -0.2) is 71.0 Å². The molecular weight excluding hydrogens is 546 g/mol. The Morgan fingerprint density at radius 3 is 2.48 bits per heavy atom. The molecule has 0 unspecified atom stereocenters. The third-order valence-electron chi connectivity index (χ3n) is 8.51. The van der Waals surface area contributed by atoms with E-state index in [0.29, 0.717) is 42.1 Å². The van der Waals surface area contributed by atoms with Gasteiger partial charge in [0, 0.05) is 40.4 Å². The zero-order valence-corrected chi connectivity index (χ0v) is 26.7. The van der Waals surface area contributed by atoms with Gasteiger partial charge < -0.3 is 20.5 Å². The number of piperidine rings is 1. The number of thioether (sulfide) groups is 1. The molecule has 230 valence electrons. The van der Waals surface area contributed by atoms with Gasteiger partial charge >= 0.3 is 0 Å². The first-order valence-corrected chi connectivity index (χ1v) is 16.5. The van der Waals surface area contributed by atoms with Gasteiger partial charge in [-0.05, 0) is 83.6 Å². The molecule has 42 heavy (non-hydrogen) atoms. The molecule has 2 aromatic rings. The number of carbonyl (C=O) groups is 2. The number of hydrogen-bond donors (Lipinski definition) is 3. The molecule has 2 fully saturated rings. The summed E-state index contributed by atoms with van der Waals surface area (Å²) in [5.74, 6) is 2.07. The Labute approximate surface area is 256 Å². The second-order valence-electron chi connectivity index (χ2n) is 12.9. The largest absolute Gasteiger partial charge is 0.494 e. The van der Waals surface area contributed by atoms with E-state index in [1.54, 1.807) is 17.8 Å². The topological polar surface area (TPSA) is 90.9 Å². The van der Waals surface area contributed by atoms with E-state index in [0.717, 1.165) is 23.4 Å². The number of nitrogens with one attached hydrogen (secondary N) is 2. The molecule has 0 aromatic heterocycles. The van der Waals surface area contributed by atoms with Crippen LogP contribution in [0.5, 0.6) is 5.75 Å². The molecule has 2 aliphatic rings. The predicted molar refractivity (Wildman–Crippen MR) is 170 cm³/mol. The number of β-amino-alcohol motifs (C(OH)–C–C–N with tert-alkyl or cyclic N) is 1. The van der Waals surface area contributed by atoms with Crippen LogP contribution in [0.3, 0.4) is 0 Å². The fraction of sp³-hybridized carbons (Fsp3) is 0.588. The van der Waals surface area contributed by atoms with Gasteiger partial charge in [0.05, 0.1) is 24.8 Å². The van der Waals surface area contributed by atoms with E-state index in [1.807, 2.05) is 77.1 Å². The molecule has 4 rings (SSSR count). The predicted octanol–water partition coefficient (Wildman–Crippen LogP) is 5.44. The van der Waals surface area contributed by atoms with Gasteiger partial charge in [-0.3, -0.25) is 14.5 Å². The van der Waals surface area contributed by atoms with E-state index in [9.17, 15) is 14.7 Å². The highest BCUT2D eigenvalue weighted by atomic mass is 32.2. The van der Waals surface area contributed by atoms with Crippen molar-refractivity contribution < 1.29 is 19.4 Å². The molecule has 2 amide bonds. The number of likely N-dealkylation sites (tertiary alicyclic amines) is 1. The molecule has 8 heteroatoms. The molecule has 5 atom stereocenters. The van der Waals surface area contributed by atoms with Gasteiger partial charge in [-0.25, -0.2) is 0 Å². The smallest absolute Gasteiger partial charge is 0.252 e. The van der Waals surface area contributed by atoms with Crippen molar-refractivity contribution in [1.29, 1.82) is 0 Å². The first kappa shape index (κ1) is 32.4. The lowest BCUT2D eigenvalue weighted by molar-refractivity contribution is -0.132. The average Bonchev–Trinajstić information content (AvgIpc) is 2.95. The van der Waals surface area contributed by atoms with Crippen LogP contribution in [0.25, 0.3) is 0 Å². The lowest BCUT2D eigenvalue weighted by Crippen LogP contribution is -2.60. The van der Waals surface area contributed by atoms with Gasteiger partial charge in [0.2, 0.25) is 5.91 Å². The highest BCUT2D eigenvalue weighted by Gasteiger charge is 2.41. The number of aliphatic hydroxyl groups excluding tert-OH is 1. The van der Waals surface area contributed by atoms with E-state index in [4.69, 9.17) is 4.74 Å². The summed E-state index contributed by atoms with van der Waals surface area (Å²) >= 11 is 1.61. The number of aliphatic hydroxyl groups is 1. The second-order valence-corrected chi connectivity index (χ2v) is 14.0. The number of carbonyl (C=O) groups excluding carboxylic acids is 2. The molecule has 7 nitrogen and oxygen atoms in total. The van der Waals surface area contributed by atoms with Crippen LogP contribution in [0.2, 0.25) is 0 Å². The standard InChI is InChI=1S/C34H49N3O4S/c1-6-41-31-18-12-17-27(23(31)2)32(39)35-28(22-42-26-15-8-7-9-16-26)30(38)21-37-20-25-14-11-10-13-24(25)19-29(37)33(40)36-34(3,4)5/h7-9,12,15-18,24-25,28-30,38H,6,10-11,13-14,19-22H2,1-5H3,(H,35,39)(H,36,40)/t24-,25+,28-,29-,30+/m0/s1. The molecule has 1 heterocycles. The number of ether oxygens (including phenoxy) is 1. The van der Waals surface area contributed by atoms with Crippen LogP contribution in [0, 0.1) is 18.8 Å². The third kappa shape index (κ3) is 8.74. The SMILES string of the molecule is CCOc1cccc(C(=O)N[C@@H](CSc2ccccc2)[C@H](O)CN2C[C@H]3CCCC[C@H]3C[C@H]2C(=O)NC(C)(C)C)c1C. The van der Waals surface area contributed by atoms with Crippen molar-refractivity contribution in [2.45, 2.75) is 95.3 Å². The van der Waals surface area contributed by atoms with Crippen LogP contribution in [0.15, 0.2) is 53.4 Å². The van der Waals surface area contributed by atoms with Crippen molar-refractivity contribution >= 4 is 23.6 Å². The maximum Gasteiger partial charge on any atom is 0.252 e. The van der Waals surface area contributed by atoms with E-state index in [-0.39, 0.29) is 23.4 Å². The molecule has 2 aromatic carbocycles.